The first-order valence-electron chi connectivity index (χ1n) is 8.67. The highest BCUT2D eigenvalue weighted by atomic mass is 16.5. The van der Waals surface area contributed by atoms with Crippen molar-refractivity contribution in [2.75, 3.05) is 6.61 Å². The molecule has 0 aliphatic carbocycles. The molecule has 4 rings (SSSR count). The van der Waals surface area contributed by atoms with Gasteiger partial charge in [0.15, 0.2) is 5.69 Å². The quantitative estimate of drug-likeness (QED) is 0.728. The molecular weight excluding hydrogens is 332 g/mol. The summed E-state index contributed by atoms with van der Waals surface area (Å²) in [6.45, 7) is 1.86. The summed E-state index contributed by atoms with van der Waals surface area (Å²) in [5.74, 6) is -0.236. The summed E-state index contributed by atoms with van der Waals surface area (Å²) in [4.78, 5) is 12.2. The average Bonchev–Trinajstić information content (AvgIpc) is 3.43. The predicted octanol–water partition coefficient (Wildman–Crippen LogP) is 1.57. The highest BCUT2D eigenvalue weighted by molar-refractivity contribution is 5.91. The van der Waals surface area contributed by atoms with Crippen LogP contribution in [0.1, 0.15) is 28.9 Å². The largest absolute Gasteiger partial charge is 0.376 e. The molecule has 1 amide bonds. The van der Waals surface area contributed by atoms with Gasteiger partial charge in [-0.05, 0) is 36.6 Å². The van der Waals surface area contributed by atoms with Crippen LogP contribution in [0.25, 0.3) is 5.69 Å². The minimum absolute atomic E-state index is 0.168. The van der Waals surface area contributed by atoms with E-state index in [2.05, 4.69) is 20.7 Å². The molecule has 1 saturated heterocycles. The lowest BCUT2D eigenvalue weighted by Crippen LogP contribution is -2.23. The Kier molecular flexibility index (Phi) is 4.74. The van der Waals surface area contributed by atoms with E-state index in [4.69, 9.17) is 4.74 Å². The van der Waals surface area contributed by atoms with E-state index in [0.717, 1.165) is 30.7 Å². The molecule has 0 unspecified atom stereocenters. The van der Waals surface area contributed by atoms with Crippen LogP contribution in [0.15, 0.2) is 48.9 Å². The summed E-state index contributed by atoms with van der Waals surface area (Å²) >= 11 is 0. The number of amides is 1. The second-order valence-corrected chi connectivity index (χ2v) is 6.26. The molecule has 0 bridgehead atoms. The van der Waals surface area contributed by atoms with Gasteiger partial charge in [0.05, 0.1) is 24.5 Å². The van der Waals surface area contributed by atoms with E-state index < -0.39 is 0 Å². The van der Waals surface area contributed by atoms with Crippen LogP contribution in [0.5, 0.6) is 0 Å². The van der Waals surface area contributed by atoms with E-state index in [1.54, 1.807) is 21.8 Å². The fourth-order valence-corrected chi connectivity index (χ4v) is 2.95. The smallest absolute Gasteiger partial charge is 0.273 e. The third kappa shape index (κ3) is 3.80. The fourth-order valence-electron chi connectivity index (χ4n) is 2.95. The topological polar surface area (TPSA) is 86.9 Å². The van der Waals surface area contributed by atoms with Crippen molar-refractivity contribution >= 4 is 5.91 Å². The van der Waals surface area contributed by atoms with E-state index in [1.807, 2.05) is 36.5 Å². The summed E-state index contributed by atoms with van der Waals surface area (Å²) in [5, 5.41) is 15.0. The molecule has 1 atom stereocenters. The zero-order valence-corrected chi connectivity index (χ0v) is 14.3. The van der Waals surface area contributed by atoms with Gasteiger partial charge in [0, 0.05) is 25.5 Å². The molecule has 0 spiro atoms. The van der Waals surface area contributed by atoms with Gasteiger partial charge in [-0.2, -0.15) is 5.10 Å². The third-order valence-electron chi connectivity index (χ3n) is 4.34. The number of rotatable bonds is 6. The summed E-state index contributed by atoms with van der Waals surface area (Å²) in [6, 6.07) is 9.73. The SMILES string of the molecule is O=C(NCc1ccc(-n2cccn2)cc1)c1cn(C[C@H]2CCCO2)nn1. The second kappa shape index (κ2) is 7.49. The standard InChI is InChI=1S/C18H20N6O2/c25-18(17-13-23(22-21-17)12-16-3-1-10-26-16)19-11-14-4-6-15(7-5-14)24-9-2-8-20-24/h2,4-9,13,16H,1,3,10-12H2,(H,19,25)/t16-/m1/s1. The van der Waals surface area contributed by atoms with Gasteiger partial charge in [0.1, 0.15) is 0 Å². The van der Waals surface area contributed by atoms with Crippen molar-refractivity contribution in [3.8, 4) is 5.69 Å². The molecule has 1 aliphatic heterocycles. The Morgan fingerprint density at radius 1 is 1.31 bits per heavy atom. The minimum atomic E-state index is -0.236. The van der Waals surface area contributed by atoms with E-state index in [1.165, 1.54) is 0 Å². The van der Waals surface area contributed by atoms with Crippen LogP contribution >= 0.6 is 0 Å². The first-order chi connectivity index (χ1) is 12.8. The van der Waals surface area contributed by atoms with E-state index in [-0.39, 0.29) is 12.0 Å². The summed E-state index contributed by atoms with van der Waals surface area (Å²) in [6.07, 6.45) is 7.55. The van der Waals surface area contributed by atoms with Crippen molar-refractivity contribution in [1.82, 2.24) is 30.1 Å². The number of aromatic nitrogens is 5. The molecule has 1 N–H and O–H groups in total. The zero-order valence-electron chi connectivity index (χ0n) is 14.3. The van der Waals surface area contributed by atoms with Gasteiger partial charge in [-0.3, -0.25) is 4.79 Å². The van der Waals surface area contributed by atoms with Gasteiger partial charge in [0.2, 0.25) is 0 Å². The molecule has 3 heterocycles. The van der Waals surface area contributed by atoms with Crippen LogP contribution in [0.2, 0.25) is 0 Å². The van der Waals surface area contributed by atoms with Gasteiger partial charge >= 0.3 is 0 Å². The maximum absolute atomic E-state index is 12.2. The first-order valence-corrected chi connectivity index (χ1v) is 8.67. The number of benzene rings is 1. The lowest BCUT2D eigenvalue weighted by Gasteiger charge is -2.07. The lowest BCUT2D eigenvalue weighted by atomic mass is 10.2. The number of hydrogen-bond donors (Lipinski definition) is 1. The Morgan fingerprint density at radius 2 is 2.19 bits per heavy atom. The monoisotopic (exact) mass is 352 g/mol. The van der Waals surface area contributed by atoms with E-state index >= 15 is 0 Å². The fraction of sp³-hybridized carbons (Fsp3) is 0.333. The molecule has 0 radical (unpaired) electrons. The Hall–Kier alpha value is -3.00. The van der Waals surface area contributed by atoms with Crippen molar-refractivity contribution in [2.24, 2.45) is 0 Å². The average molecular weight is 352 g/mol. The predicted molar refractivity (Wildman–Crippen MR) is 93.7 cm³/mol. The van der Waals surface area contributed by atoms with E-state index in [0.29, 0.717) is 18.8 Å². The highest BCUT2D eigenvalue weighted by Gasteiger charge is 2.18. The summed E-state index contributed by atoms with van der Waals surface area (Å²) in [5.41, 5.74) is 2.29. The Labute approximate surface area is 150 Å². The lowest BCUT2D eigenvalue weighted by molar-refractivity contribution is 0.0929. The van der Waals surface area contributed by atoms with Crippen molar-refractivity contribution in [2.45, 2.75) is 32.0 Å². The highest BCUT2D eigenvalue weighted by Crippen LogP contribution is 2.13. The summed E-state index contributed by atoms with van der Waals surface area (Å²) < 4.78 is 9.03. The van der Waals surface area contributed by atoms with Crippen molar-refractivity contribution < 1.29 is 9.53 Å². The van der Waals surface area contributed by atoms with Crippen molar-refractivity contribution in [1.29, 1.82) is 0 Å². The first kappa shape index (κ1) is 16.5. The Morgan fingerprint density at radius 3 is 2.92 bits per heavy atom. The molecule has 3 aromatic rings. The maximum atomic E-state index is 12.2. The molecule has 1 aliphatic rings. The molecular formula is C18H20N6O2. The molecule has 1 fully saturated rings. The van der Waals surface area contributed by atoms with Crippen LogP contribution < -0.4 is 5.32 Å². The van der Waals surface area contributed by atoms with Crippen LogP contribution in [0, 0.1) is 0 Å². The van der Waals surface area contributed by atoms with Gasteiger partial charge in [-0.1, -0.05) is 17.3 Å². The molecule has 26 heavy (non-hydrogen) atoms. The molecule has 134 valence electrons. The maximum Gasteiger partial charge on any atom is 0.273 e. The van der Waals surface area contributed by atoms with E-state index in [9.17, 15) is 4.79 Å². The minimum Gasteiger partial charge on any atom is -0.376 e. The molecule has 8 nitrogen and oxygen atoms in total. The number of hydrogen-bond acceptors (Lipinski definition) is 5. The normalized spacial score (nSPS) is 16.7. The van der Waals surface area contributed by atoms with Crippen molar-refractivity contribution in [3.63, 3.8) is 0 Å². The van der Waals surface area contributed by atoms with Crippen LogP contribution in [0.4, 0.5) is 0 Å². The number of nitrogens with one attached hydrogen (secondary N) is 1. The molecule has 0 saturated carbocycles. The zero-order chi connectivity index (χ0) is 17.8. The van der Waals surface area contributed by atoms with Crippen LogP contribution in [0.3, 0.4) is 0 Å². The van der Waals surface area contributed by atoms with Gasteiger partial charge in [0.25, 0.3) is 5.91 Å². The third-order valence-corrected chi connectivity index (χ3v) is 4.34. The number of nitrogens with zero attached hydrogens (tertiary/aromatic N) is 5. The van der Waals surface area contributed by atoms with Gasteiger partial charge in [-0.25, -0.2) is 9.36 Å². The molecule has 8 heteroatoms. The molecule has 2 aromatic heterocycles. The Bertz CT molecular complexity index is 850. The second-order valence-electron chi connectivity index (χ2n) is 6.26. The molecule has 1 aromatic carbocycles. The number of carbonyl (C=O) groups is 1. The van der Waals surface area contributed by atoms with Gasteiger partial charge < -0.3 is 10.1 Å². The number of ether oxygens (including phenoxy) is 1. The number of carbonyl (C=O) groups excluding carboxylic acids is 1. The van der Waals surface area contributed by atoms with Gasteiger partial charge in [-0.15, -0.1) is 5.10 Å². The summed E-state index contributed by atoms with van der Waals surface area (Å²) in [7, 11) is 0. The van der Waals surface area contributed by atoms with Crippen LogP contribution in [-0.2, 0) is 17.8 Å². The Balaban J connectivity index is 1.31. The van der Waals surface area contributed by atoms with Crippen molar-refractivity contribution in [3.05, 3.63) is 60.2 Å². The van der Waals surface area contributed by atoms with Crippen LogP contribution in [-0.4, -0.2) is 43.4 Å².